The van der Waals surface area contributed by atoms with Crippen LogP contribution in [0.15, 0.2) is 35.6 Å². The Bertz CT molecular complexity index is 875. The molecule has 0 aromatic carbocycles. The van der Waals surface area contributed by atoms with Crippen LogP contribution in [-0.4, -0.2) is 27.8 Å². The number of carbonyl (C=O) groups excluding carboxylic acids is 1. The van der Waals surface area contributed by atoms with E-state index in [2.05, 4.69) is 38.1 Å². The fraction of sp³-hybridized carbons (Fsp3) is 0.692. The van der Waals surface area contributed by atoms with Crippen LogP contribution in [0.2, 0.25) is 0 Å². The zero-order valence-electron chi connectivity index (χ0n) is 19.5. The molecule has 0 amide bonds. The monoisotopic (exact) mass is 443 g/mol. The fourth-order valence-electron chi connectivity index (χ4n) is 7.88. The van der Waals surface area contributed by atoms with Gasteiger partial charge in [-0.3, -0.25) is 9.59 Å². The van der Waals surface area contributed by atoms with Crippen LogP contribution in [0.3, 0.4) is 0 Å². The topological polar surface area (TPSA) is 95.9 Å². The lowest BCUT2D eigenvalue weighted by Gasteiger charge is -2.58. The average molecular weight is 444 g/mol. The highest BCUT2D eigenvalue weighted by Gasteiger charge is 2.64. The Kier molecular flexibility index (Phi) is 6.03. The number of nitrogens with one attached hydrogen (secondary N) is 1. The van der Waals surface area contributed by atoms with E-state index >= 15 is 0 Å². The van der Waals surface area contributed by atoms with Crippen LogP contribution in [0.4, 0.5) is 0 Å². The third-order valence-electron chi connectivity index (χ3n) is 9.17. The molecule has 176 valence electrons. The van der Waals surface area contributed by atoms with E-state index in [1.807, 2.05) is 0 Å². The van der Waals surface area contributed by atoms with Gasteiger partial charge in [-0.2, -0.15) is 0 Å². The summed E-state index contributed by atoms with van der Waals surface area (Å²) in [4.78, 5) is 27.2. The highest BCUT2D eigenvalue weighted by Crippen LogP contribution is 2.67. The van der Waals surface area contributed by atoms with Gasteiger partial charge in [0.2, 0.25) is 0 Å². The summed E-state index contributed by atoms with van der Waals surface area (Å²) < 4.78 is 0. The Hall–Kier alpha value is -2.08. The lowest BCUT2D eigenvalue weighted by atomic mass is 9.47. The number of carboxylic acid groups (broad SMARTS) is 1. The molecule has 0 saturated heterocycles. The molecule has 3 saturated carbocycles. The molecule has 0 spiro atoms. The van der Waals surface area contributed by atoms with Gasteiger partial charge in [-0.05, 0) is 86.2 Å². The second-order valence-electron chi connectivity index (χ2n) is 10.8. The summed E-state index contributed by atoms with van der Waals surface area (Å²) in [6.07, 6.45) is 10.3. The molecule has 0 heterocycles. The Morgan fingerprint density at radius 3 is 2.75 bits per heavy atom. The van der Waals surface area contributed by atoms with E-state index in [0.29, 0.717) is 48.0 Å². The molecule has 32 heavy (non-hydrogen) atoms. The summed E-state index contributed by atoms with van der Waals surface area (Å²) in [5.41, 5.74) is 4.55. The van der Waals surface area contributed by atoms with Gasteiger partial charge in [0.1, 0.15) is 0 Å². The van der Waals surface area contributed by atoms with Gasteiger partial charge in [-0.1, -0.05) is 32.1 Å². The Balaban J connectivity index is 1.53. The van der Waals surface area contributed by atoms with Crippen LogP contribution in [0.1, 0.15) is 72.1 Å². The summed E-state index contributed by atoms with van der Waals surface area (Å²) in [5, 5.41) is 21.0. The van der Waals surface area contributed by atoms with Crippen molar-refractivity contribution in [1.82, 2.24) is 5.48 Å². The van der Waals surface area contributed by atoms with Crippen molar-refractivity contribution >= 4 is 11.9 Å². The Morgan fingerprint density at radius 2 is 2.06 bits per heavy atom. The molecular weight excluding hydrogens is 406 g/mol. The van der Waals surface area contributed by atoms with E-state index in [1.165, 1.54) is 12.5 Å². The van der Waals surface area contributed by atoms with Crippen molar-refractivity contribution in [2.24, 2.45) is 35.0 Å². The van der Waals surface area contributed by atoms with Crippen LogP contribution < -0.4 is 5.48 Å². The van der Waals surface area contributed by atoms with Crippen molar-refractivity contribution in [3.05, 3.63) is 35.6 Å². The molecule has 6 nitrogen and oxygen atoms in total. The first-order chi connectivity index (χ1) is 15.1. The third-order valence-corrected chi connectivity index (χ3v) is 9.17. The van der Waals surface area contributed by atoms with Crippen LogP contribution in [0, 0.1) is 35.0 Å². The molecule has 0 aliphatic heterocycles. The number of aliphatic hydroxyl groups is 1. The van der Waals surface area contributed by atoms with Crippen LogP contribution in [0.25, 0.3) is 0 Å². The number of carboxylic acids is 1. The highest BCUT2D eigenvalue weighted by molar-refractivity contribution is 5.67. The fourth-order valence-corrected chi connectivity index (χ4v) is 7.88. The molecule has 7 atom stereocenters. The molecule has 0 aromatic heterocycles. The molecule has 0 unspecified atom stereocenters. The van der Waals surface area contributed by atoms with Gasteiger partial charge in [0.25, 0.3) is 0 Å². The number of hydrogen-bond donors (Lipinski definition) is 3. The predicted octanol–water partition coefficient (Wildman–Crippen LogP) is 4.52. The minimum Gasteiger partial charge on any atom is -0.481 e. The standard InChI is InChI=1S/C26H37NO5/c1-15-14-25(4)22(11-12-26(25,31)16(2)5-10-23(29)30)21-8-6-18-13-19(27-32-17(3)28)7-9-20(18)24(15)21/h7,13,15,20-22,24,27,31H,2,5-6,8-12,14H2,1,3-4H3,(H,29,30)/t15-,20-,21-,22-,24+,25-,26+/m0/s1. The summed E-state index contributed by atoms with van der Waals surface area (Å²) in [6.45, 7) is 10.1. The van der Waals surface area contributed by atoms with E-state index in [1.54, 1.807) is 0 Å². The van der Waals surface area contributed by atoms with Gasteiger partial charge in [0.15, 0.2) is 0 Å². The molecule has 3 N–H and O–H groups in total. The average Bonchev–Trinajstić information content (AvgIpc) is 3.01. The second kappa shape index (κ2) is 8.36. The summed E-state index contributed by atoms with van der Waals surface area (Å²) in [5.74, 6) is 1.34. The lowest BCUT2D eigenvalue weighted by Crippen LogP contribution is -2.55. The van der Waals surface area contributed by atoms with Gasteiger partial charge < -0.3 is 15.1 Å². The van der Waals surface area contributed by atoms with Gasteiger partial charge in [0, 0.05) is 18.8 Å². The predicted molar refractivity (Wildman–Crippen MR) is 121 cm³/mol. The number of aliphatic carboxylic acids is 1. The van der Waals surface area contributed by atoms with Crippen molar-refractivity contribution in [3.8, 4) is 0 Å². The molecule has 0 aromatic rings. The van der Waals surface area contributed by atoms with E-state index in [4.69, 9.17) is 9.94 Å². The van der Waals surface area contributed by atoms with Crippen LogP contribution in [0.5, 0.6) is 0 Å². The maximum atomic E-state index is 11.8. The molecule has 4 aliphatic carbocycles. The van der Waals surface area contributed by atoms with E-state index in [0.717, 1.165) is 37.8 Å². The summed E-state index contributed by atoms with van der Waals surface area (Å²) >= 11 is 0. The van der Waals surface area contributed by atoms with Crippen molar-refractivity contribution in [2.75, 3.05) is 0 Å². The molecule has 4 rings (SSSR count). The quantitative estimate of drug-likeness (QED) is 0.413. The number of carbonyl (C=O) groups is 2. The van der Waals surface area contributed by atoms with E-state index in [-0.39, 0.29) is 17.8 Å². The number of hydrogen-bond acceptors (Lipinski definition) is 5. The maximum absolute atomic E-state index is 11.8. The second-order valence-corrected chi connectivity index (χ2v) is 10.8. The Morgan fingerprint density at radius 1 is 1.31 bits per heavy atom. The first-order valence-corrected chi connectivity index (χ1v) is 12.0. The summed E-state index contributed by atoms with van der Waals surface area (Å²) in [7, 11) is 0. The molecule has 4 aliphatic rings. The number of rotatable bonds is 6. The zero-order valence-corrected chi connectivity index (χ0v) is 19.5. The minimum absolute atomic E-state index is 0.0236. The van der Waals surface area contributed by atoms with Crippen molar-refractivity contribution < 1.29 is 24.6 Å². The first kappa shape index (κ1) is 23.1. The normalized spacial score (nSPS) is 40.2. The first-order valence-electron chi connectivity index (χ1n) is 12.0. The molecule has 0 bridgehead atoms. The van der Waals surface area contributed by atoms with Crippen LogP contribution >= 0.6 is 0 Å². The van der Waals surface area contributed by atoms with Gasteiger partial charge >= 0.3 is 11.9 Å². The maximum Gasteiger partial charge on any atom is 0.329 e. The minimum atomic E-state index is -0.976. The zero-order chi connectivity index (χ0) is 23.3. The molecule has 3 fully saturated rings. The third kappa shape index (κ3) is 3.70. The van der Waals surface area contributed by atoms with Crippen molar-refractivity contribution in [2.45, 2.75) is 77.7 Å². The largest absolute Gasteiger partial charge is 0.481 e. The van der Waals surface area contributed by atoms with Crippen LogP contribution in [-0.2, 0) is 14.4 Å². The number of allylic oxidation sites excluding steroid dienone is 3. The smallest absolute Gasteiger partial charge is 0.329 e. The number of hydroxylamine groups is 1. The Labute approximate surface area is 190 Å². The molecule has 6 heteroatoms. The molecule has 0 radical (unpaired) electrons. The lowest BCUT2D eigenvalue weighted by molar-refractivity contribution is -0.146. The van der Waals surface area contributed by atoms with E-state index < -0.39 is 11.6 Å². The van der Waals surface area contributed by atoms with Gasteiger partial charge in [-0.15, -0.1) is 0 Å². The highest BCUT2D eigenvalue weighted by atomic mass is 16.7. The van der Waals surface area contributed by atoms with Crippen molar-refractivity contribution in [3.63, 3.8) is 0 Å². The van der Waals surface area contributed by atoms with Gasteiger partial charge in [-0.25, -0.2) is 5.48 Å². The van der Waals surface area contributed by atoms with E-state index in [9.17, 15) is 14.7 Å². The van der Waals surface area contributed by atoms with Crippen molar-refractivity contribution in [1.29, 1.82) is 0 Å². The van der Waals surface area contributed by atoms with Gasteiger partial charge in [0.05, 0.1) is 11.3 Å². The SMILES string of the molecule is C=C(CCC(=O)O)[C@]1(O)CC[C@H]2[C@@H]3CCC4=CC(NOC(C)=O)=CC[C@@H]4[C@H]3[C@@H](C)C[C@@]21C. The summed E-state index contributed by atoms with van der Waals surface area (Å²) in [6, 6.07) is 0. The molecular formula is C26H37NO5. The number of fused-ring (bicyclic) bond motifs is 5.